The molecule has 1 atom stereocenters. The van der Waals surface area contributed by atoms with Gasteiger partial charge >= 0.3 is 0 Å². The number of rotatable bonds is 3. The van der Waals surface area contributed by atoms with Crippen LogP contribution >= 0.6 is 11.6 Å². The molecule has 2 amide bonds. The van der Waals surface area contributed by atoms with Gasteiger partial charge in [0.05, 0.1) is 23.8 Å². The minimum absolute atomic E-state index is 0.0612. The molecule has 1 aliphatic heterocycles. The van der Waals surface area contributed by atoms with Crippen LogP contribution in [0.2, 0.25) is 5.02 Å². The van der Waals surface area contributed by atoms with E-state index in [1.807, 2.05) is 0 Å². The number of benzene rings is 1. The predicted molar refractivity (Wildman–Crippen MR) is 68.6 cm³/mol. The minimum Gasteiger partial charge on any atom is -0.346 e. The number of carbonyl (C=O) groups is 2. The van der Waals surface area contributed by atoms with E-state index in [-0.39, 0.29) is 29.9 Å². The normalized spacial score (nSPS) is 18.8. The molecular formula is C12H14ClFN3O2+. The molecule has 0 bridgehead atoms. The van der Waals surface area contributed by atoms with Crippen LogP contribution in [0.3, 0.4) is 0 Å². The van der Waals surface area contributed by atoms with Crippen molar-refractivity contribution in [2.75, 3.05) is 31.5 Å². The molecule has 1 fully saturated rings. The van der Waals surface area contributed by atoms with Gasteiger partial charge in [-0.3, -0.25) is 9.59 Å². The number of quaternary nitrogens is 1. The van der Waals surface area contributed by atoms with Gasteiger partial charge in [0.1, 0.15) is 5.82 Å². The summed E-state index contributed by atoms with van der Waals surface area (Å²) >= 11 is 5.81. The van der Waals surface area contributed by atoms with Crippen LogP contribution in [0.1, 0.15) is 0 Å². The van der Waals surface area contributed by atoms with Crippen molar-refractivity contribution in [2.45, 2.75) is 0 Å². The van der Waals surface area contributed by atoms with Crippen LogP contribution in [0.5, 0.6) is 0 Å². The van der Waals surface area contributed by atoms with E-state index >= 15 is 0 Å². The van der Waals surface area contributed by atoms with Gasteiger partial charge in [-0.2, -0.15) is 0 Å². The fourth-order valence-corrected chi connectivity index (χ4v) is 2.13. The van der Waals surface area contributed by atoms with E-state index in [0.29, 0.717) is 18.8 Å². The Kier molecular flexibility index (Phi) is 4.34. The highest BCUT2D eigenvalue weighted by molar-refractivity contribution is 6.33. The monoisotopic (exact) mass is 286 g/mol. The molecule has 7 heteroatoms. The van der Waals surface area contributed by atoms with Crippen molar-refractivity contribution in [3.63, 3.8) is 0 Å². The topological polar surface area (TPSA) is 62.6 Å². The third-order valence-corrected chi connectivity index (χ3v) is 3.14. The van der Waals surface area contributed by atoms with Crippen LogP contribution < -0.4 is 15.5 Å². The molecule has 19 heavy (non-hydrogen) atoms. The Morgan fingerprint density at radius 3 is 3.00 bits per heavy atom. The zero-order chi connectivity index (χ0) is 13.8. The fraction of sp³-hybridized carbons (Fsp3) is 0.333. The van der Waals surface area contributed by atoms with Gasteiger partial charge in [-0.25, -0.2) is 4.39 Å². The molecule has 1 aromatic rings. The number of hydrogen-bond acceptors (Lipinski definition) is 2. The van der Waals surface area contributed by atoms with Crippen LogP contribution in [-0.4, -0.2) is 38.0 Å². The SMILES string of the molecule is O=C1C[NH+](CC(=O)Nc2ccc(F)cc2Cl)CCN1. The summed E-state index contributed by atoms with van der Waals surface area (Å²) in [6, 6.07) is 3.77. The summed E-state index contributed by atoms with van der Waals surface area (Å²) in [6.45, 7) is 1.74. The minimum atomic E-state index is -0.457. The number of anilines is 1. The standard InChI is InChI=1S/C12H13ClFN3O2/c13-9-5-8(14)1-2-10(9)16-12(19)7-17-4-3-15-11(18)6-17/h1-2,5H,3-4,6-7H2,(H,15,18)(H,16,19)/p+1. The molecule has 0 radical (unpaired) electrons. The van der Waals surface area contributed by atoms with Crippen molar-refractivity contribution < 1.29 is 18.9 Å². The van der Waals surface area contributed by atoms with E-state index in [2.05, 4.69) is 10.6 Å². The molecule has 0 spiro atoms. The van der Waals surface area contributed by atoms with Crippen LogP contribution in [0.25, 0.3) is 0 Å². The van der Waals surface area contributed by atoms with E-state index in [0.717, 1.165) is 11.0 Å². The van der Waals surface area contributed by atoms with Gasteiger partial charge in [0.25, 0.3) is 11.8 Å². The van der Waals surface area contributed by atoms with Gasteiger partial charge in [-0.15, -0.1) is 0 Å². The van der Waals surface area contributed by atoms with Crippen LogP contribution in [0, 0.1) is 5.82 Å². The smallest absolute Gasteiger partial charge is 0.279 e. The second-order valence-electron chi connectivity index (χ2n) is 4.38. The maximum atomic E-state index is 12.9. The third kappa shape index (κ3) is 3.90. The molecule has 1 unspecified atom stereocenters. The van der Waals surface area contributed by atoms with Gasteiger partial charge in [0.15, 0.2) is 13.1 Å². The quantitative estimate of drug-likeness (QED) is 0.697. The van der Waals surface area contributed by atoms with E-state index in [9.17, 15) is 14.0 Å². The molecule has 0 saturated carbocycles. The number of piperazine rings is 1. The molecule has 102 valence electrons. The summed E-state index contributed by atoms with van der Waals surface area (Å²) < 4.78 is 12.9. The second-order valence-corrected chi connectivity index (χ2v) is 4.78. The highest BCUT2D eigenvalue weighted by Gasteiger charge is 2.22. The van der Waals surface area contributed by atoms with Crippen molar-refractivity contribution in [3.05, 3.63) is 29.0 Å². The number of nitrogens with one attached hydrogen (secondary N) is 3. The third-order valence-electron chi connectivity index (χ3n) is 2.83. The highest BCUT2D eigenvalue weighted by atomic mass is 35.5. The summed E-state index contributed by atoms with van der Waals surface area (Å²) in [5, 5.41) is 5.46. The summed E-state index contributed by atoms with van der Waals surface area (Å²) in [7, 11) is 0. The first-order valence-corrected chi connectivity index (χ1v) is 6.27. The Morgan fingerprint density at radius 2 is 2.32 bits per heavy atom. The van der Waals surface area contributed by atoms with E-state index < -0.39 is 5.82 Å². The fourth-order valence-electron chi connectivity index (χ4n) is 1.92. The van der Waals surface area contributed by atoms with Gasteiger partial charge in [-0.05, 0) is 18.2 Å². The molecule has 3 N–H and O–H groups in total. The number of halogens is 2. The average Bonchev–Trinajstić information content (AvgIpc) is 2.33. The van der Waals surface area contributed by atoms with Crippen molar-refractivity contribution >= 4 is 29.1 Å². The lowest BCUT2D eigenvalue weighted by atomic mass is 10.3. The highest BCUT2D eigenvalue weighted by Crippen LogP contribution is 2.21. The van der Waals surface area contributed by atoms with Crippen LogP contribution in [0.15, 0.2) is 18.2 Å². The van der Waals surface area contributed by atoms with Crippen molar-refractivity contribution in [1.82, 2.24) is 5.32 Å². The number of hydrogen-bond donors (Lipinski definition) is 3. The summed E-state index contributed by atoms with van der Waals surface area (Å²) in [6.07, 6.45) is 0. The summed E-state index contributed by atoms with van der Waals surface area (Å²) in [5.74, 6) is -0.770. The van der Waals surface area contributed by atoms with Gasteiger partial charge in [0, 0.05) is 0 Å². The molecule has 5 nitrogen and oxygen atoms in total. The molecular weight excluding hydrogens is 273 g/mol. The molecule has 1 aliphatic rings. The summed E-state index contributed by atoms with van der Waals surface area (Å²) in [5.41, 5.74) is 0.369. The molecule has 1 heterocycles. The lowest BCUT2D eigenvalue weighted by Gasteiger charge is -2.23. The first-order valence-electron chi connectivity index (χ1n) is 5.90. The Labute approximate surface area is 114 Å². The Morgan fingerprint density at radius 1 is 1.53 bits per heavy atom. The van der Waals surface area contributed by atoms with Crippen molar-refractivity contribution in [3.8, 4) is 0 Å². The Balaban J connectivity index is 1.92. The van der Waals surface area contributed by atoms with Gasteiger partial charge in [0.2, 0.25) is 0 Å². The number of amides is 2. The molecule has 0 aromatic heterocycles. The second kappa shape index (κ2) is 5.99. The van der Waals surface area contributed by atoms with Gasteiger partial charge < -0.3 is 15.5 Å². The molecule has 0 aliphatic carbocycles. The summed E-state index contributed by atoms with van der Waals surface area (Å²) in [4.78, 5) is 23.9. The van der Waals surface area contributed by atoms with E-state index in [1.54, 1.807) is 0 Å². The maximum absolute atomic E-state index is 12.9. The zero-order valence-electron chi connectivity index (χ0n) is 10.1. The maximum Gasteiger partial charge on any atom is 0.279 e. The van der Waals surface area contributed by atoms with Crippen molar-refractivity contribution in [2.24, 2.45) is 0 Å². The first kappa shape index (κ1) is 13.8. The Hall–Kier alpha value is -1.66. The van der Waals surface area contributed by atoms with Crippen LogP contribution in [0.4, 0.5) is 10.1 Å². The first-order chi connectivity index (χ1) is 9.04. The zero-order valence-corrected chi connectivity index (χ0v) is 10.9. The largest absolute Gasteiger partial charge is 0.346 e. The molecule has 1 saturated heterocycles. The van der Waals surface area contributed by atoms with Gasteiger partial charge in [-0.1, -0.05) is 11.6 Å². The molecule has 2 rings (SSSR count). The lowest BCUT2D eigenvalue weighted by Crippen LogP contribution is -3.16. The predicted octanol–water partition coefficient (Wildman–Crippen LogP) is -0.568. The van der Waals surface area contributed by atoms with Crippen molar-refractivity contribution in [1.29, 1.82) is 0 Å². The molecule has 1 aromatic carbocycles. The lowest BCUT2D eigenvalue weighted by molar-refractivity contribution is -0.885. The van der Waals surface area contributed by atoms with Crippen LogP contribution in [-0.2, 0) is 9.59 Å². The number of carbonyl (C=O) groups excluding carboxylic acids is 2. The van der Waals surface area contributed by atoms with E-state index in [1.165, 1.54) is 12.1 Å². The average molecular weight is 287 g/mol. The van der Waals surface area contributed by atoms with E-state index in [4.69, 9.17) is 11.6 Å². The Bertz CT molecular complexity index is 510.